The first kappa shape index (κ1) is 19.3. The molecule has 148 valence electrons. The van der Waals surface area contributed by atoms with E-state index in [0.717, 1.165) is 23.4 Å². The SMILES string of the molecule is Cc1ccccc1-n1ncc2c(=O)[nH]c(SCc3ccc(C(F)(F)F)cc3)nc21. The number of nitrogens with one attached hydrogen (secondary N) is 1. The molecule has 0 aliphatic heterocycles. The van der Waals surface area contributed by atoms with Crippen molar-refractivity contribution in [2.24, 2.45) is 0 Å². The fourth-order valence-corrected chi connectivity index (χ4v) is 3.70. The lowest BCUT2D eigenvalue weighted by Crippen LogP contribution is -2.10. The van der Waals surface area contributed by atoms with Gasteiger partial charge in [-0.1, -0.05) is 42.1 Å². The van der Waals surface area contributed by atoms with Crippen molar-refractivity contribution in [1.82, 2.24) is 19.7 Å². The first-order valence-corrected chi connectivity index (χ1v) is 9.64. The highest BCUT2D eigenvalue weighted by atomic mass is 32.2. The Balaban J connectivity index is 1.63. The van der Waals surface area contributed by atoms with Gasteiger partial charge in [0.25, 0.3) is 5.56 Å². The predicted octanol–water partition coefficient (Wildman–Crippen LogP) is 4.73. The van der Waals surface area contributed by atoms with Crippen LogP contribution >= 0.6 is 11.8 Å². The van der Waals surface area contributed by atoms with E-state index in [9.17, 15) is 18.0 Å². The number of hydrogen-bond acceptors (Lipinski definition) is 4. The molecule has 1 N–H and O–H groups in total. The van der Waals surface area contributed by atoms with Gasteiger partial charge in [0.05, 0.1) is 17.4 Å². The number of para-hydroxylation sites is 1. The number of nitrogens with zero attached hydrogens (tertiary/aromatic N) is 3. The van der Waals surface area contributed by atoms with E-state index in [1.807, 2.05) is 31.2 Å². The Labute approximate surface area is 167 Å². The Hall–Kier alpha value is -3.07. The minimum Gasteiger partial charge on any atom is -0.301 e. The van der Waals surface area contributed by atoms with Crippen LogP contribution in [0, 0.1) is 6.92 Å². The summed E-state index contributed by atoms with van der Waals surface area (Å²) >= 11 is 1.24. The van der Waals surface area contributed by atoms with Gasteiger partial charge < -0.3 is 4.98 Å². The summed E-state index contributed by atoms with van der Waals surface area (Å²) in [7, 11) is 0. The molecule has 29 heavy (non-hydrogen) atoms. The lowest BCUT2D eigenvalue weighted by molar-refractivity contribution is -0.137. The maximum Gasteiger partial charge on any atom is 0.416 e. The molecule has 9 heteroatoms. The number of aromatic amines is 1. The third-order valence-corrected chi connectivity index (χ3v) is 5.36. The number of benzene rings is 2. The second-order valence-electron chi connectivity index (χ2n) is 6.43. The van der Waals surface area contributed by atoms with Gasteiger partial charge in [0.15, 0.2) is 10.8 Å². The third-order valence-electron chi connectivity index (χ3n) is 4.42. The van der Waals surface area contributed by atoms with Crippen LogP contribution in [0.15, 0.2) is 64.7 Å². The summed E-state index contributed by atoms with van der Waals surface area (Å²) in [5, 5.41) is 5.04. The Morgan fingerprint density at radius 2 is 1.83 bits per heavy atom. The van der Waals surface area contributed by atoms with Crippen LogP contribution in [-0.4, -0.2) is 19.7 Å². The van der Waals surface area contributed by atoms with Crippen molar-refractivity contribution in [1.29, 1.82) is 0 Å². The monoisotopic (exact) mass is 416 g/mol. The highest BCUT2D eigenvalue weighted by Gasteiger charge is 2.29. The molecular formula is C20H15F3N4OS. The van der Waals surface area contributed by atoms with Crippen LogP contribution in [0.1, 0.15) is 16.7 Å². The van der Waals surface area contributed by atoms with Gasteiger partial charge in [-0.15, -0.1) is 0 Å². The van der Waals surface area contributed by atoms with E-state index in [4.69, 9.17) is 0 Å². The van der Waals surface area contributed by atoms with Crippen molar-refractivity contribution >= 4 is 22.8 Å². The molecule has 0 amide bonds. The van der Waals surface area contributed by atoms with Crippen LogP contribution in [0.3, 0.4) is 0 Å². The zero-order valence-corrected chi connectivity index (χ0v) is 16.0. The number of aromatic nitrogens is 4. The number of thioether (sulfide) groups is 1. The topological polar surface area (TPSA) is 63.6 Å². The van der Waals surface area contributed by atoms with E-state index < -0.39 is 11.7 Å². The quantitative estimate of drug-likeness (QED) is 0.386. The predicted molar refractivity (Wildman–Crippen MR) is 105 cm³/mol. The zero-order chi connectivity index (χ0) is 20.6. The van der Waals surface area contributed by atoms with Gasteiger partial charge in [-0.25, -0.2) is 9.67 Å². The average molecular weight is 416 g/mol. The molecular weight excluding hydrogens is 401 g/mol. The second kappa shape index (κ2) is 7.40. The molecule has 0 aliphatic rings. The summed E-state index contributed by atoms with van der Waals surface area (Å²) in [6.07, 6.45) is -2.89. The Kier molecular flexibility index (Phi) is 4.91. The fraction of sp³-hybridized carbons (Fsp3) is 0.150. The summed E-state index contributed by atoms with van der Waals surface area (Å²) in [4.78, 5) is 19.6. The highest BCUT2D eigenvalue weighted by Crippen LogP contribution is 2.30. The lowest BCUT2D eigenvalue weighted by Gasteiger charge is -2.08. The van der Waals surface area contributed by atoms with E-state index >= 15 is 0 Å². The van der Waals surface area contributed by atoms with Crippen LogP contribution in [0.4, 0.5) is 13.2 Å². The molecule has 2 aromatic heterocycles. The summed E-state index contributed by atoms with van der Waals surface area (Å²) in [5.41, 5.74) is 1.92. The molecule has 4 rings (SSSR count). The Morgan fingerprint density at radius 3 is 2.52 bits per heavy atom. The van der Waals surface area contributed by atoms with Crippen LogP contribution in [0.2, 0.25) is 0 Å². The molecule has 0 bridgehead atoms. The molecule has 4 aromatic rings. The molecule has 0 aliphatic carbocycles. The first-order valence-electron chi connectivity index (χ1n) is 8.66. The number of aryl methyl sites for hydroxylation is 1. The van der Waals surface area contributed by atoms with Crippen LogP contribution < -0.4 is 5.56 Å². The maximum atomic E-state index is 12.7. The van der Waals surface area contributed by atoms with E-state index in [-0.39, 0.29) is 5.56 Å². The van der Waals surface area contributed by atoms with Gasteiger partial charge in [0.1, 0.15) is 5.39 Å². The minimum absolute atomic E-state index is 0.315. The van der Waals surface area contributed by atoms with E-state index in [1.165, 1.54) is 30.1 Å². The molecule has 0 radical (unpaired) electrons. The van der Waals surface area contributed by atoms with Crippen LogP contribution in [0.25, 0.3) is 16.7 Å². The largest absolute Gasteiger partial charge is 0.416 e. The van der Waals surface area contributed by atoms with Crippen molar-refractivity contribution in [3.8, 4) is 5.69 Å². The number of rotatable bonds is 4. The molecule has 0 saturated heterocycles. The summed E-state index contributed by atoms with van der Waals surface area (Å²) in [6, 6.07) is 12.6. The van der Waals surface area contributed by atoms with E-state index in [1.54, 1.807) is 4.68 Å². The van der Waals surface area contributed by atoms with Gasteiger partial charge in [-0.3, -0.25) is 4.79 Å². The van der Waals surface area contributed by atoms with Crippen molar-refractivity contribution in [3.05, 3.63) is 81.8 Å². The zero-order valence-electron chi connectivity index (χ0n) is 15.2. The molecule has 0 saturated carbocycles. The highest BCUT2D eigenvalue weighted by molar-refractivity contribution is 7.98. The summed E-state index contributed by atoms with van der Waals surface area (Å²) in [5.74, 6) is 0.366. The molecule has 0 atom stereocenters. The molecule has 2 aromatic carbocycles. The molecule has 0 unspecified atom stereocenters. The smallest absolute Gasteiger partial charge is 0.301 e. The van der Waals surface area contributed by atoms with Crippen LogP contribution in [-0.2, 0) is 11.9 Å². The summed E-state index contributed by atoms with van der Waals surface area (Å²) in [6.45, 7) is 1.94. The molecule has 5 nitrogen and oxygen atoms in total. The van der Waals surface area contributed by atoms with Crippen molar-refractivity contribution in [2.45, 2.75) is 24.0 Å². The fourth-order valence-electron chi connectivity index (χ4n) is 2.89. The lowest BCUT2D eigenvalue weighted by atomic mass is 10.1. The standard InChI is InChI=1S/C20H15F3N4OS/c1-12-4-2-3-5-16(12)27-17-15(10-24-27)18(28)26-19(25-17)29-11-13-6-8-14(9-7-13)20(21,22)23/h2-10H,11H2,1H3,(H,25,26,28). The Morgan fingerprint density at radius 1 is 1.10 bits per heavy atom. The van der Waals surface area contributed by atoms with Gasteiger partial charge >= 0.3 is 6.18 Å². The molecule has 0 spiro atoms. The first-order chi connectivity index (χ1) is 13.8. The van der Waals surface area contributed by atoms with Gasteiger partial charge in [0.2, 0.25) is 0 Å². The normalized spacial score (nSPS) is 11.9. The Bertz CT molecular complexity index is 1230. The van der Waals surface area contributed by atoms with Gasteiger partial charge in [0, 0.05) is 5.75 Å². The van der Waals surface area contributed by atoms with Crippen LogP contribution in [0.5, 0.6) is 0 Å². The minimum atomic E-state index is -4.36. The number of fused-ring (bicyclic) bond motifs is 1. The third kappa shape index (κ3) is 3.91. The van der Waals surface area contributed by atoms with Crippen molar-refractivity contribution in [3.63, 3.8) is 0 Å². The number of hydrogen-bond donors (Lipinski definition) is 1. The second-order valence-corrected chi connectivity index (χ2v) is 7.40. The van der Waals surface area contributed by atoms with Crippen molar-refractivity contribution < 1.29 is 13.2 Å². The van der Waals surface area contributed by atoms with Gasteiger partial charge in [-0.05, 0) is 36.2 Å². The van der Waals surface area contributed by atoms with E-state index in [2.05, 4.69) is 15.1 Å². The van der Waals surface area contributed by atoms with E-state index in [0.29, 0.717) is 27.5 Å². The van der Waals surface area contributed by atoms with Gasteiger partial charge in [-0.2, -0.15) is 18.3 Å². The average Bonchev–Trinajstić information content (AvgIpc) is 3.11. The molecule has 2 heterocycles. The summed E-state index contributed by atoms with van der Waals surface area (Å²) < 4.78 is 39.6. The number of alkyl halides is 3. The number of halogens is 3. The molecule has 0 fully saturated rings. The van der Waals surface area contributed by atoms with Crippen molar-refractivity contribution in [2.75, 3.05) is 0 Å². The maximum absolute atomic E-state index is 12.7. The number of H-pyrrole nitrogens is 1.